The third-order valence-electron chi connectivity index (χ3n) is 1.85. The molecule has 2 heterocycles. The molecule has 0 bridgehead atoms. The number of hydrogen-bond donors (Lipinski definition) is 1. The third kappa shape index (κ3) is 2.21. The number of nitrogens with two attached hydrogens (primary N) is 1. The van der Waals surface area contributed by atoms with Gasteiger partial charge in [-0.1, -0.05) is 0 Å². The fraction of sp³-hybridized carbons (Fsp3) is 0.333. The number of aromatic nitrogens is 1. The lowest BCUT2D eigenvalue weighted by Crippen LogP contribution is -1.97. The summed E-state index contributed by atoms with van der Waals surface area (Å²) in [5.41, 5.74) is 6.77. The maximum absolute atomic E-state index is 5.58. The summed E-state index contributed by atoms with van der Waals surface area (Å²) in [4.78, 5) is 8.32. The van der Waals surface area contributed by atoms with Gasteiger partial charge in [-0.05, 0) is 17.7 Å². The summed E-state index contributed by atoms with van der Waals surface area (Å²) in [7, 11) is 0. The molecule has 2 rings (SSSR count). The van der Waals surface area contributed by atoms with Gasteiger partial charge in [0.15, 0.2) is 0 Å². The quantitative estimate of drug-likeness (QED) is 0.771. The fourth-order valence-corrected chi connectivity index (χ4v) is 2.13. The van der Waals surface area contributed by atoms with Crippen LogP contribution in [0.4, 0.5) is 5.82 Å². The largest absolute Gasteiger partial charge is 0.384 e. The maximum atomic E-state index is 5.58. The standard InChI is InChI=1S/C9H11N3S/c10-8-5-7(1-2-11-8)6-9-12-3-4-13-9/h1-2,5H,3-4,6H2,(H2,10,11). The van der Waals surface area contributed by atoms with Crippen LogP contribution in [0.5, 0.6) is 0 Å². The third-order valence-corrected chi connectivity index (χ3v) is 2.84. The van der Waals surface area contributed by atoms with Gasteiger partial charge >= 0.3 is 0 Å². The maximum Gasteiger partial charge on any atom is 0.123 e. The first-order valence-corrected chi connectivity index (χ1v) is 5.20. The van der Waals surface area contributed by atoms with Gasteiger partial charge in [0, 0.05) is 24.9 Å². The van der Waals surface area contributed by atoms with Crippen LogP contribution in [-0.2, 0) is 6.42 Å². The molecule has 0 spiro atoms. The Balaban J connectivity index is 2.09. The van der Waals surface area contributed by atoms with Gasteiger partial charge in [0.25, 0.3) is 0 Å². The van der Waals surface area contributed by atoms with E-state index in [2.05, 4.69) is 9.98 Å². The molecule has 4 heteroatoms. The highest BCUT2D eigenvalue weighted by Gasteiger charge is 2.07. The van der Waals surface area contributed by atoms with Gasteiger partial charge in [-0.15, -0.1) is 11.8 Å². The lowest BCUT2D eigenvalue weighted by molar-refractivity contribution is 1.16. The number of hydrogen-bond acceptors (Lipinski definition) is 4. The van der Waals surface area contributed by atoms with E-state index < -0.39 is 0 Å². The molecule has 0 saturated carbocycles. The molecule has 0 amide bonds. The summed E-state index contributed by atoms with van der Waals surface area (Å²) >= 11 is 1.83. The van der Waals surface area contributed by atoms with Crippen LogP contribution in [0, 0.1) is 0 Å². The molecule has 0 aromatic carbocycles. The van der Waals surface area contributed by atoms with Crippen LogP contribution in [-0.4, -0.2) is 22.3 Å². The van der Waals surface area contributed by atoms with Gasteiger partial charge in [-0.3, -0.25) is 4.99 Å². The van der Waals surface area contributed by atoms with Gasteiger partial charge in [-0.25, -0.2) is 4.98 Å². The van der Waals surface area contributed by atoms with Crippen molar-refractivity contribution in [1.29, 1.82) is 0 Å². The molecule has 0 atom stereocenters. The van der Waals surface area contributed by atoms with Crippen LogP contribution in [0.15, 0.2) is 23.3 Å². The topological polar surface area (TPSA) is 51.3 Å². The zero-order valence-electron chi connectivity index (χ0n) is 7.23. The van der Waals surface area contributed by atoms with Crippen molar-refractivity contribution in [3.8, 4) is 0 Å². The number of pyridine rings is 1. The monoisotopic (exact) mass is 193 g/mol. The number of anilines is 1. The lowest BCUT2D eigenvalue weighted by Gasteiger charge is -2.00. The van der Waals surface area contributed by atoms with Crippen molar-refractivity contribution in [3.63, 3.8) is 0 Å². The second-order valence-corrected chi connectivity index (χ2v) is 4.06. The van der Waals surface area contributed by atoms with E-state index in [4.69, 9.17) is 5.73 Å². The molecule has 1 aromatic rings. The summed E-state index contributed by atoms with van der Waals surface area (Å²) in [6.45, 7) is 0.959. The van der Waals surface area contributed by atoms with Crippen molar-refractivity contribution < 1.29 is 0 Å². The van der Waals surface area contributed by atoms with Crippen LogP contribution in [0.1, 0.15) is 5.56 Å². The molecule has 68 valence electrons. The van der Waals surface area contributed by atoms with E-state index in [-0.39, 0.29) is 0 Å². The fourth-order valence-electron chi connectivity index (χ4n) is 1.27. The molecular formula is C9H11N3S. The van der Waals surface area contributed by atoms with Gasteiger partial charge in [0.2, 0.25) is 0 Å². The van der Waals surface area contributed by atoms with E-state index in [0.717, 1.165) is 18.7 Å². The molecule has 0 saturated heterocycles. The van der Waals surface area contributed by atoms with Crippen molar-refractivity contribution in [3.05, 3.63) is 23.9 Å². The zero-order chi connectivity index (χ0) is 9.10. The van der Waals surface area contributed by atoms with Crippen molar-refractivity contribution >= 4 is 22.6 Å². The molecule has 0 aliphatic carbocycles. The van der Waals surface area contributed by atoms with Crippen LogP contribution >= 0.6 is 11.8 Å². The minimum absolute atomic E-state index is 0.584. The molecule has 0 radical (unpaired) electrons. The van der Waals surface area contributed by atoms with Gasteiger partial charge in [0.1, 0.15) is 5.82 Å². The van der Waals surface area contributed by atoms with Crippen molar-refractivity contribution in [2.75, 3.05) is 18.0 Å². The predicted molar refractivity (Wildman–Crippen MR) is 57.1 cm³/mol. The minimum atomic E-state index is 0.584. The Bertz CT molecular complexity index is 335. The lowest BCUT2D eigenvalue weighted by atomic mass is 10.2. The highest BCUT2D eigenvalue weighted by Crippen LogP contribution is 2.16. The van der Waals surface area contributed by atoms with E-state index in [9.17, 15) is 0 Å². The van der Waals surface area contributed by atoms with E-state index in [0.29, 0.717) is 5.82 Å². The Morgan fingerprint density at radius 3 is 3.15 bits per heavy atom. The number of rotatable bonds is 2. The van der Waals surface area contributed by atoms with Gasteiger partial charge < -0.3 is 5.73 Å². The summed E-state index contributed by atoms with van der Waals surface area (Å²) < 4.78 is 0. The Kier molecular flexibility index (Phi) is 2.49. The van der Waals surface area contributed by atoms with E-state index in [1.807, 2.05) is 23.9 Å². The van der Waals surface area contributed by atoms with Crippen LogP contribution in [0.2, 0.25) is 0 Å². The summed E-state index contributed by atoms with van der Waals surface area (Å²) in [6, 6.07) is 3.89. The molecule has 2 N–H and O–H groups in total. The smallest absolute Gasteiger partial charge is 0.123 e. The minimum Gasteiger partial charge on any atom is -0.384 e. The normalized spacial score (nSPS) is 15.8. The number of thioether (sulfide) groups is 1. The molecular weight excluding hydrogens is 182 g/mol. The average Bonchev–Trinajstić information content (AvgIpc) is 2.57. The van der Waals surface area contributed by atoms with Gasteiger partial charge in [0.05, 0.1) is 5.04 Å². The first-order chi connectivity index (χ1) is 6.34. The molecule has 3 nitrogen and oxygen atoms in total. The molecule has 0 unspecified atom stereocenters. The first kappa shape index (κ1) is 8.56. The summed E-state index contributed by atoms with van der Waals surface area (Å²) in [6.07, 6.45) is 2.64. The Morgan fingerprint density at radius 1 is 1.54 bits per heavy atom. The molecule has 13 heavy (non-hydrogen) atoms. The Hall–Kier alpha value is -1.03. The summed E-state index contributed by atoms with van der Waals surface area (Å²) in [5, 5.41) is 1.21. The van der Waals surface area contributed by atoms with Crippen LogP contribution in [0.3, 0.4) is 0 Å². The molecule has 1 aliphatic rings. The number of nitrogen functional groups attached to an aromatic ring is 1. The molecule has 1 aliphatic heterocycles. The Morgan fingerprint density at radius 2 is 2.46 bits per heavy atom. The van der Waals surface area contributed by atoms with Crippen LogP contribution in [0.25, 0.3) is 0 Å². The second kappa shape index (κ2) is 3.79. The van der Waals surface area contributed by atoms with E-state index in [1.165, 1.54) is 10.6 Å². The Labute approximate surface area is 81.5 Å². The number of nitrogens with zero attached hydrogens (tertiary/aromatic N) is 2. The predicted octanol–water partition coefficient (Wildman–Crippen LogP) is 1.35. The van der Waals surface area contributed by atoms with E-state index in [1.54, 1.807) is 6.20 Å². The van der Waals surface area contributed by atoms with Gasteiger partial charge in [-0.2, -0.15) is 0 Å². The summed E-state index contributed by atoms with van der Waals surface area (Å²) in [5.74, 6) is 1.71. The number of aliphatic imine (C=N–C) groups is 1. The van der Waals surface area contributed by atoms with Crippen molar-refractivity contribution in [2.24, 2.45) is 4.99 Å². The zero-order valence-corrected chi connectivity index (χ0v) is 8.05. The molecule has 1 aromatic heterocycles. The van der Waals surface area contributed by atoms with E-state index >= 15 is 0 Å². The van der Waals surface area contributed by atoms with Crippen molar-refractivity contribution in [2.45, 2.75) is 6.42 Å². The first-order valence-electron chi connectivity index (χ1n) is 4.21. The highest BCUT2D eigenvalue weighted by molar-refractivity contribution is 8.14. The SMILES string of the molecule is Nc1cc(CC2=NCCS2)ccn1. The highest BCUT2D eigenvalue weighted by atomic mass is 32.2. The van der Waals surface area contributed by atoms with Crippen LogP contribution < -0.4 is 5.73 Å². The average molecular weight is 193 g/mol. The second-order valence-electron chi connectivity index (χ2n) is 2.89. The molecule has 0 fully saturated rings. The van der Waals surface area contributed by atoms with Crippen molar-refractivity contribution in [1.82, 2.24) is 4.98 Å².